The van der Waals surface area contributed by atoms with Crippen molar-refractivity contribution in [2.75, 3.05) is 21.3 Å². The lowest BCUT2D eigenvalue weighted by Crippen LogP contribution is -2.60. The lowest BCUT2D eigenvalue weighted by molar-refractivity contribution is -0.186. The topological polar surface area (TPSA) is 61.8 Å². The van der Waals surface area contributed by atoms with Crippen molar-refractivity contribution in [2.45, 2.75) is 25.4 Å². The molecule has 3 rings (SSSR count). The molecule has 5 heteroatoms. The molecule has 0 aliphatic heterocycles. The summed E-state index contributed by atoms with van der Waals surface area (Å²) in [6.45, 7) is 1.97. The zero-order valence-electron chi connectivity index (χ0n) is 11.8. The molecule has 1 fully saturated rings. The SMILES string of the molecule is COC(=O)C1C(C(=O)OC)C2(OC)C=CC1(C)CC2. The molecule has 0 aromatic rings. The maximum Gasteiger partial charge on any atom is 0.312 e. The van der Waals surface area contributed by atoms with Gasteiger partial charge in [0.1, 0.15) is 11.5 Å². The average Bonchev–Trinajstić information content (AvgIpc) is 2.45. The largest absolute Gasteiger partial charge is 0.469 e. The summed E-state index contributed by atoms with van der Waals surface area (Å²) >= 11 is 0. The van der Waals surface area contributed by atoms with E-state index >= 15 is 0 Å². The first-order valence-corrected chi connectivity index (χ1v) is 6.35. The number of esters is 2. The second kappa shape index (κ2) is 4.63. The van der Waals surface area contributed by atoms with Gasteiger partial charge in [0, 0.05) is 7.11 Å². The van der Waals surface area contributed by atoms with Crippen LogP contribution in [-0.2, 0) is 23.8 Å². The first-order valence-electron chi connectivity index (χ1n) is 6.35. The minimum absolute atomic E-state index is 0.383. The smallest absolute Gasteiger partial charge is 0.312 e. The van der Waals surface area contributed by atoms with E-state index in [-0.39, 0.29) is 11.4 Å². The Hall–Kier alpha value is -1.36. The van der Waals surface area contributed by atoms with Gasteiger partial charge in [0.2, 0.25) is 0 Å². The molecule has 0 aromatic carbocycles. The molecule has 0 aromatic heterocycles. The molecule has 3 aliphatic carbocycles. The van der Waals surface area contributed by atoms with Crippen LogP contribution in [-0.4, -0.2) is 38.9 Å². The summed E-state index contributed by atoms with van der Waals surface area (Å²) in [5.41, 5.74) is -1.14. The highest BCUT2D eigenvalue weighted by atomic mass is 16.5. The zero-order chi connectivity index (χ0) is 14.3. The molecule has 0 amide bonds. The van der Waals surface area contributed by atoms with Crippen LogP contribution in [0.25, 0.3) is 0 Å². The molecule has 1 saturated carbocycles. The van der Waals surface area contributed by atoms with Gasteiger partial charge >= 0.3 is 11.9 Å². The Balaban J connectivity index is 2.53. The standard InChI is InChI=1S/C14H20O5/c1-13-5-7-14(19-4,8-6-13)10(12(16)18-3)9(13)11(15)17-2/h5,7,9-10H,6,8H2,1-4H3. The van der Waals surface area contributed by atoms with Crippen molar-refractivity contribution >= 4 is 11.9 Å². The minimum Gasteiger partial charge on any atom is -0.469 e. The van der Waals surface area contributed by atoms with Gasteiger partial charge in [0.05, 0.1) is 20.1 Å². The molecule has 0 spiro atoms. The molecule has 4 atom stereocenters. The van der Waals surface area contributed by atoms with E-state index in [4.69, 9.17) is 14.2 Å². The van der Waals surface area contributed by atoms with Crippen molar-refractivity contribution in [2.24, 2.45) is 17.3 Å². The summed E-state index contributed by atoms with van der Waals surface area (Å²) < 4.78 is 15.3. The quantitative estimate of drug-likeness (QED) is 0.570. The third kappa shape index (κ3) is 1.87. The predicted molar refractivity (Wildman–Crippen MR) is 67.2 cm³/mol. The number of carbonyl (C=O) groups excluding carboxylic acids is 2. The second-order valence-electron chi connectivity index (χ2n) is 5.50. The fourth-order valence-electron chi connectivity index (χ4n) is 3.44. The van der Waals surface area contributed by atoms with Crippen LogP contribution in [0.3, 0.4) is 0 Å². The Morgan fingerprint density at radius 3 is 2.00 bits per heavy atom. The fraction of sp³-hybridized carbons (Fsp3) is 0.714. The van der Waals surface area contributed by atoms with Crippen LogP contribution in [0.4, 0.5) is 0 Å². The Labute approximate surface area is 112 Å². The summed E-state index contributed by atoms with van der Waals surface area (Å²) in [6, 6.07) is 0. The Bertz CT molecular complexity index is 430. The minimum atomic E-state index is -0.760. The first kappa shape index (κ1) is 14.1. The molecular formula is C14H20O5. The van der Waals surface area contributed by atoms with E-state index in [1.165, 1.54) is 14.2 Å². The van der Waals surface area contributed by atoms with Crippen LogP contribution in [0, 0.1) is 17.3 Å². The van der Waals surface area contributed by atoms with Crippen molar-refractivity contribution in [3.63, 3.8) is 0 Å². The van der Waals surface area contributed by atoms with Gasteiger partial charge < -0.3 is 14.2 Å². The predicted octanol–water partition coefficient (Wildman–Crippen LogP) is 1.32. The van der Waals surface area contributed by atoms with E-state index in [1.807, 2.05) is 19.1 Å². The summed E-state index contributed by atoms with van der Waals surface area (Å²) in [5, 5.41) is 0. The average molecular weight is 268 g/mol. The van der Waals surface area contributed by atoms with Crippen LogP contribution < -0.4 is 0 Å². The van der Waals surface area contributed by atoms with Gasteiger partial charge in [-0.05, 0) is 18.3 Å². The van der Waals surface area contributed by atoms with E-state index in [9.17, 15) is 9.59 Å². The number of allylic oxidation sites excluding steroid dienone is 1. The summed E-state index contributed by atoms with van der Waals surface area (Å²) in [5.74, 6) is -2.03. The van der Waals surface area contributed by atoms with Gasteiger partial charge in [-0.15, -0.1) is 0 Å². The van der Waals surface area contributed by atoms with Crippen molar-refractivity contribution in [1.29, 1.82) is 0 Å². The van der Waals surface area contributed by atoms with Crippen LogP contribution in [0.15, 0.2) is 12.2 Å². The van der Waals surface area contributed by atoms with Crippen LogP contribution in [0.5, 0.6) is 0 Å². The zero-order valence-corrected chi connectivity index (χ0v) is 11.8. The molecule has 0 saturated heterocycles. The van der Waals surface area contributed by atoms with Gasteiger partial charge in [-0.3, -0.25) is 9.59 Å². The molecule has 0 radical (unpaired) electrons. The number of hydrogen-bond donors (Lipinski definition) is 0. The number of hydrogen-bond acceptors (Lipinski definition) is 5. The van der Waals surface area contributed by atoms with Crippen molar-refractivity contribution in [3.05, 3.63) is 12.2 Å². The number of fused-ring (bicyclic) bond motifs is 2. The van der Waals surface area contributed by atoms with E-state index in [2.05, 4.69) is 0 Å². The van der Waals surface area contributed by atoms with Gasteiger partial charge in [-0.2, -0.15) is 0 Å². The Morgan fingerprint density at radius 2 is 1.58 bits per heavy atom. The summed E-state index contributed by atoms with van der Waals surface area (Å²) in [6.07, 6.45) is 5.35. The monoisotopic (exact) mass is 268 g/mol. The summed E-state index contributed by atoms with van der Waals surface area (Å²) in [4.78, 5) is 24.3. The van der Waals surface area contributed by atoms with E-state index in [0.717, 1.165) is 6.42 Å². The fourth-order valence-corrected chi connectivity index (χ4v) is 3.44. The number of carbonyl (C=O) groups is 2. The highest BCUT2D eigenvalue weighted by Crippen LogP contribution is 2.56. The third-order valence-corrected chi connectivity index (χ3v) is 4.66. The number of rotatable bonds is 3. The van der Waals surface area contributed by atoms with E-state index in [1.54, 1.807) is 7.11 Å². The van der Waals surface area contributed by atoms with Gasteiger partial charge in [0.15, 0.2) is 0 Å². The van der Waals surface area contributed by atoms with Crippen molar-refractivity contribution in [3.8, 4) is 0 Å². The molecule has 3 aliphatic rings. The van der Waals surface area contributed by atoms with Crippen LogP contribution in [0.2, 0.25) is 0 Å². The molecule has 106 valence electrons. The van der Waals surface area contributed by atoms with Gasteiger partial charge in [-0.1, -0.05) is 19.1 Å². The lowest BCUT2D eigenvalue weighted by atomic mass is 9.52. The highest BCUT2D eigenvalue weighted by Gasteiger charge is 2.62. The lowest BCUT2D eigenvalue weighted by Gasteiger charge is -2.54. The Morgan fingerprint density at radius 1 is 1.00 bits per heavy atom. The molecule has 0 heterocycles. The highest BCUT2D eigenvalue weighted by molar-refractivity contribution is 5.85. The van der Waals surface area contributed by atoms with Crippen LogP contribution >= 0.6 is 0 Å². The first-order chi connectivity index (χ1) is 8.94. The van der Waals surface area contributed by atoms with Crippen molar-refractivity contribution < 1.29 is 23.8 Å². The summed E-state index contributed by atoms with van der Waals surface area (Å²) in [7, 11) is 4.22. The van der Waals surface area contributed by atoms with Gasteiger partial charge in [-0.25, -0.2) is 0 Å². The normalized spacial score (nSPS) is 40.0. The third-order valence-electron chi connectivity index (χ3n) is 4.66. The molecule has 5 nitrogen and oxygen atoms in total. The maximum absolute atomic E-state index is 12.1. The molecule has 0 N–H and O–H groups in total. The maximum atomic E-state index is 12.1. The van der Waals surface area contributed by atoms with Gasteiger partial charge in [0.25, 0.3) is 0 Å². The molecule has 2 bridgehead atoms. The number of ether oxygens (including phenoxy) is 3. The van der Waals surface area contributed by atoms with E-state index in [0.29, 0.717) is 6.42 Å². The molecular weight excluding hydrogens is 248 g/mol. The molecule has 4 unspecified atom stereocenters. The van der Waals surface area contributed by atoms with Crippen molar-refractivity contribution in [1.82, 2.24) is 0 Å². The Kier molecular flexibility index (Phi) is 3.43. The number of methoxy groups -OCH3 is 3. The van der Waals surface area contributed by atoms with E-state index < -0.39 is 23.4 Å². The second-order valence-corrected chi connectivity index (χ2v) is 5.50. The molecule has 19 heavy (non-hydrogen) atoms. The van der Waals surface area contributed by atoms with Crippen LogP contribution in [0.1, 0.15) is 19.8 Å².